The number of carbonyl (C=O) groups is 1. The van der Waals surface area contributed by atoms with Gasteiger partial charge >= 0.3 is 5.97 Å². The van der Waals surface area contributed by atoms with Crippen LogP contribution in [0.1, 0.15) is 65.6 Å². The van der Waals surface area contributed by atoms with Gasteiger partial charge in [0.15, 0.2) is 0 Å². The molecule has 1 aromatic heterocycles. The monoisotopic (exact) mass is 395 g/mol. The summed E-state index contributed by atoms with van der Waals surface area (Å²) in [6.07, 6.45) is 4.29. The zero-order chi connectivity index (χ0) is 19.5. The normalized spacial score (nSPS) is 24.7. The van der Waals surface area contributed by atoms with Gasteiger partial charge in [-0.25, -0.2) is 9.37 Å². The van der Waals surface area contributed by atoms with Gasteiger partial charge in [0.2, 0.25) is 0 Å². The number of carboxylic acids is 1. The Morgan fingerprint density at radius 3 is 2.79 bits per heavy atom. The van der Waals surface area contributed by atoms with Crippen molar-refractivity contribution in [3.63, 3.8) is 0 Å². The number of aromatic nitrogens is 1. The van der Waals surface area contributed by atoms with Crippen LogP contribution in [0.2, 0.25) is 0 Å². The van der Waals surface area contributed by atoms with E-state index in [1.54, 1.807) is 30.4 Å². The van der Waals surface area contributed by atoms with Gasteiger partial charge in [-0.1, -0.05) is 18.2 Å². The molecule has 0 saturated heterocycles. The number of aliphatic carboxylic acids is 1. The lowest BCUT2D eigenvalue weighted by atomic mass is 9.75. The summed E-state index contributed by atoms with van der Waals surface area (Å²) in [6, 6.07) is 11.2. The molecule has 2 aliphatic carbocycles. The van der Waals surface area contributed by atoms with E-state index in [1.165, 1.54) is 28.6 Å². The lowest BCUT2D eigenvalue weighted by Gasteiger charge is -2.27. The predicted octanol–water partition coefficient (Wildman–Crippen LogP) is 5.91. The third-order valence-corrected chi connectivity index (χ3v) is 7.73. The molecule has 0 radical (unpaired) electrons. The first-order valence-electron chi connectivity index (χ1n) is 9.87. The highest BCUT2D eigenvalue weighted by Gasteiger charge is 2.48. The number of carboxylic acid groups (broad SMARTS) is 1. The Bertz CT molecular complexity index is 1090. The Kier molecular flexibility index (Phi) is 4.05. The van der Waals surface area contributed by atoms with Gasteiger partial charge in [0.25, 0.3) is 0 Å². The van der Waals surface area contributed by atoms with E-state index in [2.05, 4.69) is 18.2 Å². The minimum absolute atomic E-state index is 0.147. The van der Waals surface area contributed by atoms with Crippen molar-refractivity contribution in [1.82, 2.24) is 4.98 Å². The lowest BCUT2D eigenvalue weighted by Crippen LogP contribution is -2.34. The second kappa shape index (κ2) is 6.38. The number of benzene rings is 2. The van der Waals surface area contributed by atoms with E-state index < -0.39 is 11.4 Å². The number of hydrogen-bond donors (Lipinski definition) is 1. The Hall–Kier alpha value is -2.27. The molecule has 144 valence electrons. The maximum absolute atomic E-state index is 14.1. The van der Waals surface area contributed by atoms with Crippen molar-refractivity contribution >= 4 is 27.5 Å². The number of halogens is 1. The van der Waals surface area contributed by atoms with Crippen molar-refractivity contribution < 1.29 is 14.3 Å². The highest BCUT2D eigenvalue weighted by Crippen LogP contribution is 2.50. The molecule has 3 nitrogen and oxygen atoms in total. The van der Waals surface area contributed by atoms with Crippen molar-refractivity contribution in [2.24, 2.45) is 0 Å². The van der Waals surface area contributed by atoms with Crippen LogP contribution in [0, 0.1) is 12.7 Å². The van der Waals surface area contributed by atoms with Gasteiger partial charge in [-0.2, -0.15) is 0 Å². The summed E-state index contributed by atoms with van der Waals surface area (Å²) in [4.78, 5) is 17.1. The molecule has 2 aromatic carbocycles. The maximum Gasteiger partial charge on any atom is 0.314 e. The van der Waals surface area contributed by atoms with Crippen LogP contribution in [-0.2, 0) is 10.2 Å². The van der Waals surface area contributed by atoms with Crippen LogP contribution in [0.15, 0.2) is 36.4 Å². The maximum atomic E-state index is 14.1. The van der Waals surface area contributed by atoms with Gasteiger partial charge in [-0.3, -0.25) is 4.79 Å². The van der Waals surface area contributed by atoms with Crippen molar-refractivity contribution in [1.29, 1.82) is 0 Å². The average Bonchev–Trinajstić information content (AvgIpc) is 3.28. The quantitative estimate of drug-likeness (QED) is 0.597. The summed E-state index contributed by atoms with van der Waals surface area (Å²) in [5, 5.41) is 11.3. The van der Waals surface area contributed by atoms with Crippen LogP contribution in [0.5, 0.6) is 0 Å². The molecule has 0 amide bonds. The summed E-state index contributed by atoms with van der Waals surface area (Å²) < 4.78 is 15.3. The van der Waals surface area contributed by atoms with E-state index in [0.29, 0.717) is 29.9 Å². The third-order valence-electron chi connectivity index (χ3n) is 6.53. The predicted molar refractivity (Wildman–Crippen MR) is 109 cm³/mol. The highest BCUT2D eigenvalue weighted by atomic mass is 32.1. The van der Waals surface area contributed by atoms with E-state index in [1.807, 2.05) is 0 Å². The molecule has 5 rings (SSSR count). The lowest BCUT2D eigenvalue weighted by molar-refractivity contribution is -0.143. The topological polar surface area (TPSA) is 50.2 Å². The fourth-order valence-corrected chi connectivity index (χ4v) is 5.85. The first-order valence-corrected chi connectivity index (χ1v) is 10.7. The molecular formula is C23H22FNO2S. The van der Waals surface area contributed by atoms with Gasteiger partial charge in [-0.15, -0.1) is 11.3 Å². The van der Waals surface area contributed by atoms with Crippen molar-refractivity contribution in [2.45, 2.75) is 56.3 Å². The Balaban J connectivity index is 1.50. The molecule has 1 N–H and O–H groups in total. The summed E-state index contributed by atoms with van der Waals surface area (Å²) >= 11 is 1.78. The minimum atomic E-state index is -1.02. The Morgan fingerprint density at radius 2 is 2.04 bits per heavy atom. The molecule has 0 spiro atoms. The second-order valence-electron chi connectivity index (χ2n) is 8.29. The van der Waals surface area contributed by atoms with Gasteiger partial charge in [0, 0.05) is 5.92 Å². The van der Waals surface area contributed by atoms with E-state index in [-0.39, 0.29) is 11.7 Å². The molecule has 2 atom stereocenters. The van der Waals surface area contributed by atoms with Gasteiger partial charge in [-0.05, 0) is 79.8 Å². The van der Waals surface area contributed by atoms with Crippen LogP contribution in [-0.4, -0.2) is 16.1 Å². The standard InChI is InChI=1S/C23H22FNO2S/c1-13-17(3-2-4-18(13)24)23(22(26)27)10-9-16(12-23)15-7-8-20-19(11-15)25-21(28-20)14-5-6-14/h2-4,7-8,11,14,16H,5-6,9-10,12H2,1H3,(H,26,27)/t16?,23-/m0/s1. The molecule has 28 heavy (non-hydrogen) atoms. The van der Waals surface area contributed by atoms with Crippen LogP contribution in [0.3, 0.4) is 0 Å². The Labute approximate surface area is 167 Å². The van der Waals surface area contributed by atoms with Crippen molar-refractivity contribution in [3.05, 3.63) is 63.9 Å². The number of thiazole rings is 1. The summed E-state index contributed by atoms with van der Waals surface area (Å²) in [5.74, 6) is -0.398. The Morgan fingerprint density at radius 1 is 1.21 bits per heavy atom. The van der Waals surface area contributed by atoms with Gasteiger partial charge < -0.3 is 5.11 Å². The van der Waals surface area contributed by atoms with Crippen LogP contribution < -0.4 is 0 Å². The van der Waals surface area contributed by atoms with E-state index in [9.17, 15) is 14.3 Å². The molecule has 1 heterocycles. The van der Waals surface area contributed by atoms with Crippen molar-refractivity contribution in [3.8, 4) is 0 Å². The molecule has 2 fully saturated rings. The van der Waals surface area contributed by atoms with E-state index >= 15 is 0 Å². The van der Waals surface area contributed by atoms with Crippen LogP contribution >= 0.6 is 11.3 Å². The SMILES string of the molecule is Cc1c(F)cccc1[C@]1(C(=O)O)CCC(c2ccc3sc(C4CC4)nc3c2)C1. The molecule has 0 aliphatic heterocycles. The minimum Gasteiger partial charge on any atom is -0.481 e. The molecule has 3 aromatic rings. The first kappa shape index (κ1) is 17.8. The number of hydrogen-bond acceptors (Lipinski definition) is 3. The smallest absolute Gasteiger partial charge is 0.314 e. The summed E-state index contributed by atoms with van der Waals surface area (Å²) in [6.45, 7) is 1.68. The molecule has 1 unspecified atom stereocenters. The van der Waals surface area contributed by atoms with Crippen LogP contribution in [0.4, 0.5) is 4.39 Å². The van der Waals surface area contributed by atoms with Gasteiger partial charge in [0.05, 0.1) is 20.6 Å². The molecule has 0 bridgehead atoms. The van der Waals surface area contributed by atoms with Gasteiger partial charge in [0.1, 0.15) is 5.82 Å². The molecule has 5 heteroatoms. The highest BCUT2D eigenvalue weighted by molar-refractivity contribution is 7.18. The second-order valence-corrected chi connectivity index (χ2v) is 9.36. The fourth-order valence-electron chi connectivity index (χ4n) is 4.73. The number of fused-ring (bicyclic) bond motifs is 1. The molecular weight excluding hydrogens is 373 g/mol. The summed E-state index contributed by atoms with van der Waals surface area (Å²) in [7, 11) is 0. The zero-order valence-corrected chi connectivity index (χ0v) is 16.6. The van der Waals surface area contributed by atoms with Crippen LogP contribution in [0.25, 0.3) is 10.2 Å². The van der Waals surface area contributed by atoms with E-state index in [4.69, 9.17) is 4.98 Å². The average molecular weight is 395 g/mol. The number of nitrogens with zero attached hydrogens (tertiary/aromatic N) is 1. The van der Waals surface area contributed by atoms with E-state index in [0.717, 1.165) is 17.5 Å². The summed E-state index contributed by atoms with van der Waals surface area (Å²) in [5.41, 5.74) is 2.23. The number of rotatable bonds is 4. The molecule has 2 saturated carbocycles. The van der Waals surface area contributed by atoms with Crippen molar-refractivity contribution in [2.75, 3.05) is 0 Å². The zero-order valence-electron chi connectivity index (χ0n) is 15.7. The largest absolute Gasteiger partial charge is 0.481 e. The first-order chi connectivity index (χ1) is 13.5. The molecule has 2 aliphatic rings. The third kappa shape index (κ3) is 2.75. The fraction of sp³-hybridized carbons (Fsp3) is 0.391.